The van der Waals surface area contributed by atoms with E-state index in [2.05, 4.69) is 20.4 Å². The second-order valence-corrected chi connectivity index (χ2v) is 6.69. The molecule has 134 valence electrons. The van der Waals surface area contributed by atoms with Gasteiger partial charge in [0.15, 0.2) is 0 Å². The second-order valence-electron chi connectivity index (χ2n) is 6.69. The Bertz CT molecular complexity index is 720. The minimum Gasteiger partial charge on any atom is -0.338 e. The molecule has 0 unspecified atom stereocenters. The molecule has 1 fully saturated rings. The molecular formula is C18H25N5O2. The van der Waals surface area contributed by atoms with Gasteiger partial charge < -0.3 is 14.7 Å². The number of rotatable bonds is 4. The first-order chi connectivity index (χ1) is 12.0. The summed E-state index contributed by atoms with van der Waals surface area (Å²) in [6.45, 7) is 9.59. The van der Waals surface area contributed by atoms with Crippen molar-refractivity contribution in [1.82, 2.24) is 25.3 Å². The molecular weight excluding hydrogens is 318 g/mol. The highest BCUT2D eigenvalue weighted by atomic mass is 16.5. The molecule has 2 heterocycles. The summed E-state index contributed by atoms with van der Waals surface area (Å²) in [5.41, 5.74) is 2.12. The van der Waals surface area contributed by atoms with Crippen LogP contribution in [-0.2, 0) is 6.54 Å². The van der Waals surface area contributed by atoms with Crippen LogP contribution in [0.15, 0.2) is 28.8 Å². The largest absolute Gasteiger partial charge is 0.338 e. The molecule has 3 rings (SSSR count). The average Bonchev–Trinajstić information content (AvgIpc) is 3.03. The number of nitrogens with one attached hydrogen (secondary N) is 1. The number of aryl methyl sites for hydroxylation is 1. The van der Waals surface area contributed by atoms with E-state index in [1.807, 2.05) is 49.9 Å². The highest BCUT2D eigenvalue weighted by Crippen LogP contribution is 2.20. The quantitative estimate of drug-likeness (QED) is 0.922. The number of carbonyl (C=O) groups excluding carboxylic acids is 1. The Balaban J connectivity index is 1.55. The van der Waals surface area contributed by atoms with Gasteiger partial charge in [0, 0.05) is 37.8 Å². The van der Waals surface area contributed by atoms with Crippen molar-refractivity contribution >= 4 is 6.03 Å². The summed E-state index contributed by atoms with van der Waals surface area (Å²) in [4.78, 5) is 20.6. The molecule has 7 heteroatoms. The maximum atomic E-state index is 12.0. The van der Waals surface area contributed by atoms with E-state index < -0.39 is 0 Å². The Morgan fingerprint density at radius 2 is 1.96 bits per heavy atom. The van der Waals surface area contributed by atoms with Gasteiger partial charge in [0.25, 0.3) is 0 Å². The fourth-order valence-electron chi connectivity index (χ4n) is 2.89. The number of piperazine rings is 1. The minimum atomic E-state index is 0.00859. The average molecular weight is 343 g/mol. The monoisotopic (exact) mass is 343 g/mol. The van der Waals surface area contributed by atoms with Crippen LogP contribution in [0.2, 0.25) is 0 Å². The van der Waals surface area contributed by atoms with Gasteiger partial charge >= 0.3 is 6.03 Å². The van der Waals surface area contributed by atoms with Crippen molar-refractivity contribution in [3.05, 3.63) is 35.7 Å². The molecule has 1 saturated heterocycles. The molecule has 7 nitrogen and oxygen atoms in total. The van der Waals surface area contributed by atoms with Gasteiger partial charge in [0.1, 0.15) is 0 Å². The first-order valence-electron chi connectivity index (χ1n) is 8.69. The number of aromatic nitrogens is 2. The number of urea groups is 1. The summed E-state index contributed by atoms with van der Waals surface area (Å²) in [6, 6.07) is 8.16. The van der Waals surface area contributed by atoms with Crippen LogP contribution < -0.4 is 5.32 Å². The van der Waals surface area contributed by atoms with Crippen LogP contribution in [-0.4, -0.2) is 58.2 Å². The van der Waals surface area contributed by atoms with Gasteiger partial charge in [-0.25, -0.2) is 4.79 Å². The Kier molecular flexibility index (Phi) is 5.33. The summed E-state index contributed by atoms with van der Waals surface area (Å²) in [7, 11) is 0. The number of hydrogen-bond acceptors (Lipinski definition) is 5. The van der Waals surface area contributed by atoms with Crippen LogP contribution in [0.5, 0.6) is 0 Å². The van der Waals surface area contributed by atoms with E-state index in [1.165, 1.54) is 0 Å². The van der Waals surface area contributed by atoms with E-state index in [4.69, 9.17) is 4.52 Å². The van der Waals surface area contributed by atoms with Gasteiger partial charge in [0.05, 0.1) is 6.54 Å². The molecule has 2 aromatic rings. The SMILES string of the molecule is Cc1ccccc1-c1noc(CN2CCN(C(=O)NC(C)C)CC2)n1. The molecule has 0 bridgehead atoms. The summed E-state index contributed by atoms with van der Waals surface area (Å²) in [5, 5.41) is 7.03. The number of carbonyl (C=O) groups is 1. The lowest BCUT2D eigenvalue weighted by Gasteiger charge is -2.34. The fraction of sp³-hybridized carbons (Fsp3) is 0.500. The van der Waals surface area contributed by atoms with E-state index in [0.29, 0.717) is 31.3 Å². The summed E-state index contributed by atoms with van der Waals surface area (Å²) in [6.07, 6.45) is 0. The summed E-state index contributed by atoms with van der Waals surface area (Å²) < 4.78 is 5.41. The molecule has 0 radical (unpaired) electrons. The zero-order valence-electron chi connectivity index (χ0n) is 15.0. The first kappa shape index (κ1) is 17.4. The van der Waals surface area contributed by atoms with E-state index in [9.17, 15) is 4.79 Å². The topological polar surface area (TPSA) is 74.5 Å². The second kappa shape index (κ2) is 7.65. The molecule has 1 aliphatic heterocycles. The molecule has 25 heavy (non-hydrogen) atoms. The van der Waals surface area contributed by atoms with Crippen LogP contribution in [0, 0.1) is 6.92 Å². The van der Waals surface area contributed by atoms with Crippen molar-refractivity contribution in [2.75, 3.05) is 26.2 Å². The van der Waals surface area contributed by atoms with E-state index in [0.717, 1.165) is 24.2 Å². The molecule has 0 atom stereocenters. The Hall–Kier alpha value is -2.41. The molecule has 1 aliphatic rings. The number of nitrogens with zero attached hydrogens (tertiary/aromatic N) is 4. The number of benzene rings is 1. The lowest BCUT2D eigenvalue weighted by atomic mass is 10.1. The third kappa shape index (κ3) is 4.36. The smallest absolute Gasteiger partial charge is 0.317 e. The van der Waals surface area contributed by atoms with Crippen molar-refractivity contribution < 1.29 is 9.32 Å². The highest BCUT2D eigenvalue weighted by Gasteiger charge is 2.23. The molecule has 0 aliphatic carbocycles. The normalized spacial score (nSPS) is 15.6. The van der Waals surface area contributed by atoms with E-state index in [-0.39, 0.29) is 12.1 Å². The van der Waals surface area contributed by atoms with Crippen LogP contribution in [0.25, 0.3) is 11.4 Å². The van der Waals surface area contributed by atoms with Crippen molar-refractivity contribution in [3.63, 3.8) is 0 Å². The maximum absolute atomic E-state index is 12.0. The predicted octanol–water partition coefficient (Wildman–Crippen LogP) is 2.28. The zero-order chi connectivity index (χ0) is 17.8. The minimum absolute atomic E-state index is 0.00859. The van der Waals surface area contributed by atoms with Crippen molar-refractivity contribution in [2.24, 2.45) is 0 Å². The number of amides is 2. The summed E-state index contributed by atoms with van der Waals surface area (Å²) >= 11 is 0. The Labute approximate surface area is 148 Å². The lowest BCUT2D eigenvalue weighted by molar-refractivity contribution is 0.125. The third-order valence-corrected chi connectivity index (χ3v) is 4.28. The van der Waals surface area contributed by atoms with Crippen molar-refractivity contribution in [2.45, 2.75) is 33.4 Å². The van der Waals surface area contributed by atoms with Crippen molar-refractivity contribution in [3.8, 4) is 11.4 Å². The molecule has 0 spiro atoms. The van der Waals surface area contributed by atoms with Gasteiger partial charge in [0.2, 0.25) is 11.7 Å². The summed E-state index contributed by atoms with van der Waals surface area (Å²) in [5.74, 6) is 1.24. The zero-order valence-corrected chi connectivity index (χ0v) is 15.0. The third-order valence-electron chi connectivity index (χ3n) is 4.28. The van der Waals surface area contributed by atoms with Crippen molar-refractivity contribution in [1.29, 1.82) is 0 Å². The molecule has 1 aromatic heterocycles. The van der Waals surface area contributed by atoms with Gasteiger partial charge in [-0.1, -0.05) is 29.4 Å². The molecule has 1 aromatic carbocycles. The van der Waals surface area contributed by atoms with E-state index >= 15 is 0 Å². The first-order valence-corrected chi connectivity index (χ1v) is 8.69. The maximum Gasteiger partial charge on any atom is 0.317 e. The van der Waals surface area contributed by atoms with Crippen LogP contribution in [0.4, 0.5) is 4.79 Å². The Morgan fingerprint density at radius 1 is 1.24 bits per heavy atom. The van der Waals surface area contributed by atoms with Crippen LogP contribution in [0.3, 0.4) is 0 Å². The van der Waals surface area contributed by atoms with Crippen LogP contribution in [0.1, 0.15) is 25.3 Å². The number of hydrogen-bond donors (Lipinski definition) is 1. The lowest BCUT2D eigenvalue weighted by Crippen LogP contribution is -2.52. The predicted molar refractivity (Wildman–Crippen MR) is 95.0 cm³/mol. The van der Waals surface area contributed by atoms with Crippen LogP contribution >= 0.6 is 0 Å². The fourth-order valence-corrected chi connectivity index (χ4v) is 2.89. The highest BCUT2D eigenvalue weighted by molar-refractivity contribution is 5.74. The molecule has 1 N–H and O–H groups in total. The Morgan fingerprint density at radius 3 is 2.64 bits per heavy atom. The van der Waals surface area contributed by atoms with E-state index in [1.54, 1.807) is 0 Å². The molecule has 0 saturated carbocycles. The van der Waals surface area contributed by atoms with Gasteiger partial charge in [-0.3, -0.25) is 4.90 Å². The standard InChI is InChI=1S/C18H25N5O2/c1-13(2)19-18(24)23-10-8-22(9-11-23)12-16-20-17(21-25-16)15-7-5-4-6-14(15)3/h4-7,13H,8-12H2,1-3H3,(H,19,24). The molecule has 2 amide bonds. The van der Waals surface area contributed by atoms with Gasteiger partial charge in [-0.05, 0) is 26.3 Å². The van der Waals surface area contributed by atoms with Gasteiger partial charge in [-0.2, -0.15) is 4.98 Å². The van der Waals surface area contributed by atoms with Gasteiger partial charge in [-0.15, -0.1) is 0 Å².